The fourth-order valence-electron chi connectivity index (χ4n) is 5.23. The predicted octanol–water partition coefficient (Wildman–Crippen LogP) is 4.43. The molecular formula is C25H20Cl2N2O4. The Bertz CT molecular complexity index is 1160. The van der Waals surface area contributed by atoms with Gasteiger partial charge in [-0.3, -0.25) is 19.2 Å². The average molecular weight is 483 g/mol. The van der Waals surface area contributed by atoms with Crippen molar-refractivity contribution in [2.24, 2.45) is 23.7 Å². The van der Waals surface area contributed by atoms with Crippen molar-refractivity contribution in [2.75, 3.05) is 0 Å². The Morgan fingerprint density at radius 2 is 1.30 bits per heavy atom. The number of carbonyl (C=O) groups is 4. The normalized spacial score (nSPS) is 26.0. The highest BCUT2D eigenvalue weighted by Crippen LogP contribution is 2.53. The number of fused-ring (bicyclic) bond motifs is 5. The summed E-state index contributed by atoms with van der Waals surface area (Å²) in [6, 6.07) is 11.3. The molecule has 0 spiro atoms. The number of allylic oxidation sites excluding steroid dienone is 2. The van der Waals surface area contributed by atoms with Crippen LogP contribution in [0.4, 0.5) is 0 Å². The Labute approximate surface area is 200 Å². The maximum absolute atomic E-state index is 13.6. The van der Waals surface area contributed by atoms with Gasteiger partial charge in [-0.15, -0.1) is 0 Å². The van der Waals surface area contributed by atoms with E-state index in [0.29, 0.717) is 15.6 Å². The number of carbonyl (C=O) groups excluding carboxylic acids is 4. The van der Waals surface area contributed by atoms with E-state index in [-0.39, 0.29) is 17.4 Å². The van der Waals surface area contributed by atoms with Gasteiger partial charge in [0.2, 0.25) is 0 Å². The van der Waals surface area contributed by atoms with Gasteiger partial charge < -0.3 is 0 Å². The maximum atomic E-state index is 13.6. The standard InChI is InChI=1S/C25H20Cl2N2O4/c1-13(22(30)14-4-8-18(26)9-5-14)28(23(31)15-6-10-19(27)11-7-15)29-24(32)20-16-2-3-17(12-16)21(20)25(29)33/h2-11,13,16-17,20-21H,12H2,1H3/t13-,16+,17+,20+,21+/m1/s1. The van der Waals surface area contributed by atoms with Crippen LogP contribution >= 0.6 is 23.2 Å². The number of amides is 3. The van der Waals surface area contributed by atoms with E-state index in [1.54, 1.807) is 36.4 Å². The number of ketones is 1. The Hall–Kier alpha value is -2.96. The van der Waals surface area contributed by atoms with Crippen molar-refractivity contribution in [2.45, 2.75) is 19.4 Å². The smallest absolute Gasteiger partial charge is 0.273 e. The molecule has 0 aromatic heterocycles. The first-order valence-electron chi connectivity index (χ1n) is 10.7. The van der Waals surface area contributed by atoms with Crippen molar-refractivity contribution < 1.29 is 19.2 Å². The molecule has 2 aromatic carbocycles. The fourth-order valence-corrected chi connectivity index (χ4v) is 5.48. The van der Waals surface area contributed by atoms with Gasteiger partial charge in [-0.2, -0.15) is 5.01 Å². The van der Waals surface area contributed by atoms with Crippen LogP contribution in [-0.2, 0) is 9.59 Å². The number of hydrazine groups is 1. The van der Waals surface area contributed by atoms with Gasteiger partial charge in [0.05, 0.1) is 11.8 Å². The van der Waals surface area contributed by atoms with E-state index in [4.69, 9.17) is 23.2 Å². The van der Waals surface area contributed by atoms with Crippen LogP contribution in [0.1, 0.15) is 34.1 Å². The van der Waals surface area contributed by atoms with Crippen LogP contribution in [-0.4, -0.2) is 39.6 Å². The summed E-state index contributed by atoms with van der Waals surface area (Å²) in [4.78, 5) is 53.8. The highest BCUT2D eigenvalue weighted by molar-refractivity contribution is 6.31. The van der Waals surface area contributed by atoms with Gasteiger partial charge in [0.15, 0.2) is 5.78 Å². The number of benzene rings is 2. The lowest BCUT2D eigenvalue weighted by molar-refractivity contribution is -0.157. The van der Waals surface area contributed by atoms with E-state index in [9.17, 15) is 19.2 Å². The first-order chi connectivity index (χ1) is 15.8. The molecule has 6 nitrogen and oxygen atoms in total. The Morgan fingerprint density at radius 3 is 1.79 bits per heavy atom. The minimum Gasteiger partial charge on any atom is -0.292 e. The van der Waals surface area contributed by atoms with Crippen molar-refractivity contribution in [3.05, 3.63) is 81.9 Å². The SMILES string of the molecule is C[C@H](C(=O)c1ccc(Cl)cc1)N(C(=O)c1ccc(Cl)cc1)N1C(=O)[C@@H]2[C@@H](C1=O)[C@H]1C=C[C@H]2C1. The molecule has 168 valence electrons. The Balaban J connectivity index is 1.54. The van der Waals surface area contributed by atoms with Crippen LogP contribution in [0.25, 0.3) is 0 Å². The van der Waals surface area contributed by atoms with Crippen LogP contribution in [0.5, 0.6) is 0 Å². The molecule has 3 amide bonds. The second-order valence-corrected chi connectivity index (χ2v) is 9.56. The molecule has 1 heterocycles. The zero-order valence-corrected chi connectivity index (χ0v) is 19.2. The van der Waals surface area contributed by atoms with Gasteiger partial charge in [-0.1, -0.05) is 35.4 Å². The molecule has 2 aliphatic carbocycles. The van der Waals surface area contributed by atoms with Gasteiger partial charge in [-0.25, -0.2) is 5.01 Å². The maximum Gasteiger partial charge on any atom is 0.273 e. The summed E-state index contributed by atoms with van der Waals surface area (Å²) >= 11 is 11.9. The van der Waals surface area contributed by atoms with E-state index in [1.165, 1.54) is 19.1 Å². The zero-order valence-electron chi connectivity index (χ0n) is 17.7. The minimum atomic E-state index is -1.10. The van der Waals surface area contributed by atoms with E-state index < -0.39 is 41.4 Å². The number of rotatable bonds is 5. The van der Waals surface area contributed by atoms with Crippen molar-refractivity contribution in [1.29, 1.82) is 0 Å². The number of hydrogen-bond acceptors (Lipinski definition) is 4. The Morgan fingerprint density at radius 1 is 0.848 bits per heavy atom. The van der Waals surface area contributed by atoms with Crippen LogP contribution in [0.15, 0.2) is 60.7 Å². The largest absolute Gasteiger partial charge is 0.292 e. The molecule has 2 aromatic rings. The monoisotopic (exact) mass is 482 g/mol. The first kappa shape index (κ1) is 21.9. The van der Waals surface area contributed by atoms with E-state index in [0.717, 1.165) is 16.4 Å². The van der Waals surface area contributed by atoms with Crippen molar-refractivity contribution in [1.82, 2.24) is 10.0 Å². The summed E-state index contributed by atoms with van der Waals surface area (Å²) < 4.78 is 0. The molecule has 2 bridgehead atoms. The summed E-state index contributed by atoms with van der Waals surface area (Å²) in [5.41, 5.74) is 0.538. The van der Waals surface area contributed by atoms with Crippen LogP contribution in [0, 0.1) is 23.7 Å². The van der Waals surface area contributed by atoms with Crippen molar-refractivity contribution in [3.8, 4) is 0 Å². The molecule has 5 rings (SSSR count). The van der Waals surface area contributed by atoms with Crippen LogP contribution < -0.4 is 0 Å². The number of nitrogens with zero attached hydrogens (tertiary/aromatic N) is 2. The molecule has 0 unspecified atom stereocenters. The predicted molar refractivity (Wildman–Crippen MR) is 122 cm³/mol. The molecule has 0 N–H and O–H groups in total. The van der Waals surface area contributed by atoms with Crippen LogP contribution in [0.3, 0.4) is 0 Å². The second kappa shape index (κ2) is 8.12. The average Bonchev–Trinajstić information content (AvgIpc) is 3.49. The molecule has 1 saturated carbocycles. The third-order valence-electron chi connectivity index (χ3n) is 6.84. The van der Waals surface area contributed by atoms with E-state index in [1.807, 2.05) is 12.2 Å². The third-order valence-corrected chi connectivity index (χ3v) is 7.34. The summed E-state index contributed by atoms with van der Waals surface area (Å²) in [6.07, 6.45) is 4.73. The summed E-state index contributed by atoms with van der Waals surface area (Å²) in [5.74, 6) is -2.92. The van der Waals surface area contributed by atoms with Gasteiger partial charge in [0.25, 0.3) is 17.7 Å². The van der Waals surface area contributed by atoms with Gasteiger partial charge in [-0.05, 0) is 73.7 Å². The second-order valence-electron chi connectivity index (χ2n) is 8.69. The molecule has 2 fully saturated rings. The first-order valence-corrected chi connectivity index (χ1v) is 11.5. The van der Waals surface area contributed by atoms with E-state index in [2.05, 4.69) is 0 Å². The summed E-state index contributed by atoms with van der Waals surface area (Å²) in [7, 11) is 0. The minimum absolute atomic E-state index is 0.0174. The molecule has 1 aliphatic heterocycles. The van der Waals surface area contributed by atoms with Gasteiger partial charge >= 0.3 is 0 Å². The van der Waals surface area contributed by atoms with Crippen LogP contribution in [0.2, 0.25) is 10.0 Å². The number of halogens is 2. The van der Waals surface area contributed by atoms with Gasteiger partial charge in [0, 0.05) is 21.2 Å². The molecule has 0 radical (unpaired) electrons. The topological polar surface area (TPSA) is 74.8 Å². The number of Topliss-reactive ketones (excluding diaryl/α,β-unsaturated/α-hetero) is 1. The molecule has 5 atom stereocenters. The van der Waals surface area contributed by atoms with E-state index >= 15 is 0 Å². The lowest BCUT2D eigenvalue weighted by atomic mass is 9.85. The molecule has 33 heavy (non-hydrogen) atoms. The lowest BCUT2D eigenvalue weighted by Gasteiger charge is -2.35. The van der Waals surface area contributed by atoms with Crippen molar-refractivity contribution >= 4 is 46.7 Å². The van der Waals surface area contributed by atoms with Gasteiger partial charge in [0.1, 0.15) is 6.04 Å². The zero-order chi connectivity index (χ0) is 23.4. The molecular weight excluding hydrogens is 463 g/mol. The highest BCUT2D eigenvalue weighted by atomic mass is 35.5. The highest BCUT2D eigenvalue weighted by Gasteiger charge is 2.61. The third kappa shape index (κ3) is 3.49. The summed E-state index contributed by atoms with van der Waals surface area (Å²) in [6.45, 7) is 1.52. The number of hydrogen-bond donors (Lipinski definition) is 0. The Kier molecular flexibility index (Phi) is 5.38. The fraction of sp³-hybridized carbons (Fsp3) is 0.280. The number of imide groups is 1. The quantitative estimate of drug-likeness (QED) is 0.358. The molecule has 8 heteroatoms. The lowest BCUT2D eigenvalue weighted by Crippen LogP contribution is -2.56. The molecule has 1 saturated heterocycles. The molecule has 3 aliphatic rings. The summed E-state index contributed by atoms with van der Waals surface area (Å²) in [5, 5.41) is 2.84. The van der Waals surface area contributed by atoms with Crippen molar-refractivity contribution in [3.63, 3.8) is 0 Å².